The van der Waals surface area contributed by atoms with E-state index in [4.69, 9.17) is 4.74 Å². The normalized spacial score (nSPS) is 15.0. The number of rotatable bonds is 4. The van der Waals surface area contributed by atoms with Gasteiger partial charge in [-0.2, -0.15) is 5.26 Å². The number of nitriles is 1. The van der Waals surface area contributed by atoms with Crippen molar-refractivity contribution >= 4 is 11.6 Å². The lowest BCUT2D eigenvalue weighted by molar-refractivity contribution is -0.127. The molecule has 0 saturated heterocycles. The summed E-state index contributed by atoms with van der Waals surface area (Å²) in [5, 5.41) is 12.0. The minimum atomic E-state index is -0.545. The van der Waals surface area contributed by atoms with Crippen molar-refractivity contribution in [1.29, 1.82) is 5.26 Å². The second-order valence-electron chi connectivity index (χ2n) is 6.92. The van der Waals surface area contributed by atoms with E-state index in [-0.39, 0.29) is 5.91 Å². The summed E-state index contributed by atoms with van der Waals surface area (Å²) in [6.45, 7) is 1.14. The molecule has 1 aliphatic rings. The molecule has 5 heteroatoms. The number of carbonyl (C=O) groups excluding carboxylic acids is 1. The van der Waals surface area contributed by atoms with Crippen molar-refractivity contribution in [1.82, 2.24) is 5.32 Å². The number of carbonyl (C=O) groups is 1. The first-order chi connectivity index (χ1) is 14.2. The molecule has 4 rings (SSSR count). The Bertz CT molecular complexity index is 1070. The van der Waals surface area contributed by atoms with Gasteiger partial charge in [0.25, 0.3) is 5.91 Å². The Kier molecular flexibility index (Phi) is 5.17. The number of hydrogen-bond acceptors (Lipinski definition) is 4. The van der Waals surface area contributed by atoms with E-state index in [1.165, 1.54) is 0 Å². The quantitative estimate of drug-likeness (QED) is 0.745. The van der Waals surface area contributed by atoms with Gasteiger partial charge in [0.2, 0.25) is 0 Å². The summed E-state index contributed by atoms with van der Waals surface area (Å²) in [5.74, 6) is 0.583. The summed E-state index contributed by atoms with van der Waals surface area (Å²) in [6.07, 6.45) is -0.545. The minimum absolute atomic E-state index is 0.132. The first-order valence-electron chi connectivity index (χ1n) is 9.50. The molecule has 1 aliphatic heterocycles. The molecule has 29 heavy (non-hydrogen) atoms. The van der Waals surface area contributed by atoms with E-state index in [9.17, 15) is 10.1 Å². The third-order valence-corrected chi connectivity index (χ3v) is 5.09. The van der Waals surface area contributed by atoms with Gasteiger partial charge >= 0.3 is 0 Å². The first-order valence-corrected chi connectivity index (χ1v) is 9.50. The Labute approximate surface area is 170 Å². The van der Waals surface area contributed by atoms with Crippen molar-refractivity contribution in [2.24, 2.45) is 0 Å². The summed E-state index contributed by atoms with van der Waals surface area (Å²) in [6, 6.07) is 25.8. The van der Waals surface area contributed by atoms with Crippen molar-refractivity contribution in [3.8, 4) is 22.9 Å². The topological polar surface area (TPSA) is 65.4 Å². The zero-order valence-corrected chi connectivity index (χ0v) is 16.1. The molecule has 0 unspecified atom stereocenters. The van der Waals surface area contributed by atoms with E-state index in [2.05, 4.69) is 28.4 Å². The molecule has 1 amide bonds. The van der Waals surface area contributed by atoms with Crippen LogP contribution in [-0.2, 0) is 11.3 Å². The number of nitrogens with zero attached hydrogens (tertiary/aromatic N) is 2. The van der Waals surface area contributed by atoms with Crippen LogP contribution in [0.3, 0.4) is 0 Å². The molecule has 0 bridgehead atoms. The molecule has 0 radical (unpaired) electrons. The number of anilines is 1. The number of benzene rings is 3. The maximum Gasteiger partial charge on any atom is 0.262 e. The van der Waals surface area contributed by atoms with Crippen LogP contribution in [0.15, 0.2) is 72.8 Å². The number of ether oxygens (including phenoxy) is 1. The van der Waals surface area contributed by atoms with Crippen LogP contribution in [-0.4, -0.2) is 25.6 Å². The monoisotopic (exact) mass is 383 g/mol. The van der Waals surface area contributed by atoms with E-state index in [0.29, 0.717) is 24.4 Å². The van der Waals surface area contributed by atoms with Crippen LogP contribution in [0.2, 0.25) is 0 Å². The van der Waals surface area contributed by atoms with Gasteiger partial charge in [-0.1, -0.05) is 54.6 Å². The fraction of sp³-hybridized carbons (Fsp3) is 0.167. The lowest BCUT2D eigenvalue weighted by Gasteiger charge is -2.35. The van der Waals surface area contributed by atoms with Gasteiger partial charge in [-0.25, -0.2) is 0 Å². The predicted molar refractivity (Wildman–Crippen MR) is 113 cm³/mol. The molecule has 0 spiro atoms. The third-order valence-electron chi connectivity index (χ3n) is 5.09. The largest absolute Gasteiger partial charge is 0.477 e. The fourth-order valence-corrected chi connectivity index (χ4v) is 3.60. The van der Waals surface area contributed by atoms with Crippen LogP contribution in [0.4, 0.5) is 5.69 Å². The molecule has 5 nitrogen and oxygen atoms in total. The fourth-order valence-electron chi connectivity index (χ4n) is 3.60. The Morgan fingerprint density at radius 3 is 2.59 bits per heavy atom. The van der Waals surface area contributed by atoms with Crippen molar-refractivity contribution < 1.29 is 9.53 Å². The molecule has 0 aliphatic carbocycles. The molecule has 0 fully saturated rings. The van der Waals surface area contributed by atoms with Crippen molar-refractivity contribution in [2.45, 2.75) is 12.6 Å². The Hall–Kier alpha value is -3.78. The van der Waals surface area contributed by atoms with E-state index in [0.717, 1.165) is 22.4 Å². The van der Waals surface area contributed by atoms with E-state index < -0.39 is 6.10 Å². The van der Waals surface area contributed by atoms with Gasteiger partial charge < -0.3 is 15.0 Å². The van der Waals surface area contributed by atoms with Gasteiger partial charge in [-0.3, -0.25) is 4.79 Å². The molecule has 0 aromatic heterocycles. The standard InChI is InChI=1S/C24H21N3O2/c1-26-24(28)23-16-27(21-8-4-5-9-22(21)29-23)15-17-10-12-18(13-11-17)20-7-3-2-6-19(20)14-25/h2-13,23H,15-16H2,1H3,(H,26,28)/t23-/m0/s1. The molecule has 1 N–H and O–H groups in total. The van der Waals surface area contributed by atoms with Gasteiger partial charge in [-0.15, -0.1) is 0 Å². The van der Waals surface area contributed by atoms with Crippen LogP contribution < -0.4 is 15.0 Å². The lowest BCUT2D eigenvalue weighted by Crippen LogP contribution is -2.47. The second-order valence-corrected chi connectivity index (χ2v) is 6.92. The average molecular weight is 383 g/mol. The third kappa shape index (κ3) is 3.78. The number of likely N-dealkylation sites (N-methyl/N-ethyl adjacent to an activating group) is 1. The highest BCUT2D eigenvalue weighted by molar-refractivity contribution is 5.83. The Balaban J connectivity index is 1.59. The van der Waals surface area contributed by atoms with Gasteiger partial charge in [0.15, 0.2) is 6.10 Å². The molecular formula is C24H21N3O2. The summed E-state index contributed by atoms with van der Waals surface area (Å²) >= 11 is 0. The van der Waals surface area contributed by atoms with Crippen molar-refractivity contribution in [3.63, 3.8) is 0 Å². The summed E-state index contributed by atoms with van der Waals surface area (Å²) < 4.78 is 5.87. The number of hydrogen-bond donors (Lipinski definition) is 1. The van der Waals surface area contributed by atoms with Gasteiger partial charge in [-0.05, 0) is 34.9 Å². The van der Waals surface area contributed by atoms with Gasteiger partial charge in [0.1, 0.15) is 5.75 Å². The second kappa shape index (κ2) is 8.07. The smallest absolute Gasteiger partial charge is 0.262 e. The van der Waals surface area contributed by atoms with E-state index in [1.807, 2.05) is 60.7 Å². The van der Waals surface area contributed by atoms with Crippen molar-refractivity contribution in [2.75, 3.05) is 18.5 Å². The Morgan fingerprint density at radius 1 is 1.10 bits per heavy atom. The van der Waals surface area contributed by atoms with E-state index in [1.54, 1.807) is 7.05 Å². The molecule has 3 aromatic carbocycles. The predicted octanol–water partition coefficient (Wildman–Crippen LogP) is 3.74. The van der Waals surface area contributed by atoms with E-state index >= 15 is 0 Å². The zero-order chi connectivity index (χ0) is 20.2. The highest BCUT2D eigenvalue weighted by atomic mass is 16.5. The minimum Gasteiger partial charge on any atom is -0.477 e. The zero-order valence-electron chi connectivity index (χ0n) is 16.1. The van der Waals surface area contributed by atoms with Crippen LogP contribution in [0.25, 0.3) is 11.1 Å². The number of amides is 1. The summed E-state index contributed by atoms with van der Waals surface area (Å²) in [4.78, 5) is 14.3. The maximum absolute atomic E-state index is 12.1. The van der Waals surface area contributed by atoms with Crippen LogP contribution >= 0.6 is 0 Å². The summed E-state index contributed by atoms with van der Waals surface area (Å²) in [5.41, 5.74) is 4.70. The average Bonchev–Trinajstić information content (AvgIpc) is 2.79. The SMILES string of the molecule is CNC(=O)[C@@H]1CN(Cc2ccc(-c3ccccc3C#N)cc2)c2ccccc2O1. The molecule has 1 heterocycles. The van der Waals surface area contributed by atoms with Crippen LogP contribution in [0.5, 0.6) is 5.75 Å². The molecule has 144 valence electrons. The molecule has 1 atom stereocenters. The molecule has 0 saturated carbocycles. The van der Waals surface area contributed by atoms with Crippen LogP contribution in [0, 0.1) is 11.3 Å². The Morgan fingerprint density at radius 2 is 1.83 bits per heavy atom. The number of nitrogens with one attached hydrogen (secondary N) is 1. The number of fused-ring (bicyclic) bond motifs is 1. The first kappa shape index (κ1) is 18.6. The van der Waals surface area contributed by atoms with Crippen molar-refractivity contribution in [3.05, 3.63) is 83.9 Å². The summed E-state index contributed by atoms with van der Waals surface area (Å²) in [7, 11) is 1.62. The highest BCUT2D eigenvalue weighted by Crippen LogP contribution is 2.34. The van der Waals surface area contributed by atoms with Gasteiger partial charge in [0.05, 0.1) is 23.9 Å². The molecular weight excluding hydrogens is 362 g/mol. The lowest BCUT2D eigenvalue weighted by atomic mass is 9.99. The molecule has 3 aromatic rings. The maximum atomic E-state index is 12.1. The highest BCUT2D eigenvalue weighted by Gasteiger charge is 2.30. The van der Waals surface area contributed by atoms with Crippen LogP contribution in [0.1, 0.15) is 11.1 Å². The van der Waals surface area contributed by atoms with Gasteiger partial charge in [0, 0.05) is 13.6 Å². The number of para-hydroxylation sites is 2.